The zero-order chi connectivity index (χ0) is 13.7. The van der Waals surface area contributed by atoms with Gasteiger partial charge in [-0.3, -0.25) is 5.32 Å². The Hall–Kier alpha value is -2.40. The highest BCUT2D eigenvalue weighted by Gasteiger charge is 2.04. The van der Waals surface area contributed by atoms with Crippen LogP contribution in [0.5, 0.6) is 0 Å². The molecule has 0 aliphatic rings. The van der Waals surface area contributed by atoms with Gasteiger partial charge in [0.15, 0.2) is 11.4 Å². The molecule has 1 N–H and O–H groups in total. The summed E-state index contributed by atoms with van der Waals surface area (Å²) in [6, 6.07) is 7.39. The van der Waals surface area contributed by atoms with Crippen molar-refractivity contribution < 1.29 is 0 Å². The SMILES string of the molecule is CSC(=Nc1ccc(-c2nnn(C)n2)cc1)NC#N. The molecule has 2 rings (SSSR count). The fraction of sp³-hybridized carbons (Fsp3) is 0.182. The maximum atomic E-state index is 8.56. The molecule has 0 atom stereocenters. The summed E-state index contributed by atoms with van der Waals surface area (Å²) >= 11 is 1.37. The van der Waals surface area contributed by atoms with E-state index in [0.717, 1.165) is 11.3 Å². The number of nitrogens with zero attached hydrogens (tertiary/aromatic N) is 6. The molecule has 8 heteroatoms. The quantitative estimate of drug-likeness (QED) is 0.384. The predicted molar refractivity (Wildman–Crippen MR) is 73.6 cm³/mol. The number of nitrogens with one attached hydrogen (secondary N) is 1. The third kappa shape index (κ3) is 3.29. The van der Waals surface area contributed by atoms with E-state index in [4.69, 9.17) is 5.26 Å². The van der Waals surface area contributed by atoms with Crippen LogP contribution in [0.25, 0.3) is 11.4 Å². The molecule has 1 aromatic carbocycles. The van der Waals surface area contributed by atoms with Gasteiger partial charge in [0, 0.05) is 5.56 Å². The topological polar surface area (TPSA) is 91.8 Å². The summed E-state index contributed by atoms with van der Waals surface area (Å²) < 4.78 is 0. The van der Waals surface area contributed by atoms with E-state index in [0.29, 0.717) is 11.0 Å². The second-order valence-electron chi connectivity index (χ2n) is 3.51. The van der Waals surface area contributed by atoms with Crippen molar-refractivity contribution in [1.82, 2.24) is 25.5 Å². The van der Waals surface area contributed by atoms with Crippen molar-refractivity contribution >= 4 is 22.6 Å². The largest absolute Gasteiger partial charge is 0.271 e. The Morgan fingerprint density at radius 1 is 1.42 bits per heavy atom. The third-order valence-electron chi connectivity index (χ3n) is 2.22. The Morgan fingerprint density at radius 3 is 2.68 bits per heavy atom. The molecule has 0 radical (unpaired) electrons. The van der Waals surface area contributed by atoms with Crippen molar-refractivity contribution in [2.75, 3.05) is 6.26 Å². The first-order valence-electron chi connectivity index (χ1n) is 5.35. The zero-order valence-corrected chi connectivity index (χ0v) is 11.2. The number of thioether (sulfide) groups is 1. The summed E-state index contributed by atoms with van der Waals surface area (Å²) in [6.45, 7) is 0. The van der Waals surface area contributed by atoms with Crippen molar-refractivity contribution in [3.05, 3.63) is 24.3 Å². The van der Waals surface area contributed by atoms with Gasteiger partial charge in [-0.25, -0.2) is 4.99 Å². The molecule has 0 aliphatic carbocycles. The fourth-order valence-corrected chi connectivity index (χ4v) is 1.72. The minimum atomic E-state index is 0.549. The van der Waals surface area contributed by atoms with E-state index in [1.807, 2.05) is 36.7 Å². The first-order valence-corrected chi connectivity index (χ1v) is 6.57. The maximum absolute atomic E-state index is 8.56. The maximum Gasteiger partial charge on any atom is 0.204 e. The van der Waals surface area contributed by atoms with Gasteiger partial charge in [0.25, 0.3) is 0 Å². The lowest BCUT2D eigenvalue weighted by atomic mass is 10.2. The first kappa shape index (κ1) is 13.0. The van der Waals surface area contributed by atoms with Crippen molar-refractivity contribution in [2.24, 2.45) is 12.0 Å². The molecule has 0 saturated carbocycles. The lowest BCUT2D eigenvalue weighted by Crippen LogP contribution is -2.12. The van der Waals surface area contributed by atoms with Gasteiger partial charge in [0.05, 0.1) is 12.7 Å². The standard InChI is InChI=1S/C11H11N7S/c1-18-16-10(15-17-18)8-3-5-9(6-4-8)14-11(19-2)13-7-12/h3-6H,1-2H3,(H,13,14). The number of nitriles is 1. The number of aryl methyl sites for hydroxylation is 1. The van der Waals surface area contributed by atoms with E-state index in [1.54, 1.807) is 7.05 Å². The second kappa shape index (κ2) is 5.97. The molecule has 0 aliphatic heterocycles. The molecule has 0 fully saturated rings. The summed E-state index contributed by atoms with van der Waals surface area (Å²) in [6.07, 6.45) is 3.69. The van der Waals surface area contributed by atoms with Crippen molar-refractivity contribution in [2.45, 2.75) is 0 Å². The Labute approximate surface area is 114 Å². The van der Waals surface area contributed by atoms with Crippen molar-refractivity contribution in [1.29, 1.82) is 5.26 Å². The summed E-state index contributed by atoms with van der Waals surface area (Å²) in [5.41, 5.74) is 1.62. The molecule has 7 nitrogen and oxygen atoms in total. The van der Waals surface area contributed by atoms with E-state index in [2.05, 4.69) is 25.7 Å². The van der Waals surface area contributed by atoms with Gasteiger partial charge in [0.2, 0.25) is 5.82 Å². The van der Waals surface area contributed by atoms with E-state index in [-0.39, 0.29) is 0 Å². The van der Waals surface area contributed by atoms with Crippen LogP contribution in [0.1, 0.15) is 0 Å². The number of hydrogen-bond donors (Lipinski definition) is 1. The average molecular weight is 273 g/mol. The van der Waals surface area contributed by atoms with Crippen LogP contribution >= 0.6 is 11.8 Å². The minimum absolute atomic E-state index is 0.549. The fourth-order valence-electron chi connectivity index (χ4n) is 1.37. The molecule has 96 valence electrons. The van der Waals surface area contributed by atoms with E-state index in [9.17, 15) is 0 Å². The normalized spacial score (nSPS) is 11.1. The van der Waals surface area contributed by atoms with E-state index in [1.165, 1.54) is 16.6 Å². The highest BCUT2D eigenvalue weighted by Crippen LogP contribution is 2.19. The van der Waals surface area contributed by atoms with Gasteiger partial charge >= 0.3 is 0 Å². The Bertz CT molecular complexity index is 623. The van der Waals surface area contributed by atoms with Gasteiger partial charge in [-0.15, -0.1) is 10.2 Å². The van der Waals surface area contributed by atoms with E-state index < -0.39 is 0 Å². The smallest absolute Gasteiger partial charge is 0.204 e. The molecule has 1 aromatic heterocycles. The van der Waals surface area contributed by atoms with E-state index >= 15 is 0 Å². The number of rotatable bonds is 2. The minimum Gasteiger partial charge on any atom is -0.271 e. The van der Waals surface area contributed by atoms with Gasteiger partial charge < -0.3 is 0 Å². The number of aromatic nitrogens is 4. The van der Waals surface area contributed by atoms with Crippen LogP contribution in [0, 0.1) is 11.5 Å². The van der Waals surface area contributed by atoms with Crippen LogP contribution in [0.3, 0.4) is 0 Å². The van der Waals surface area contributed by atoms with Gasteiger partial charge in [-0.1, -0.05) is 11.8 Å². The molecule has 19 heavy (non-hydrogen) atoms. The summed E-state index contributed by atoms with van der Waals surface area (Å²) in [7, 11) is 1.72. The average Bonchev–Trinajstić information content (AvgIpc) is 2.86. The predicted octanol–water partition coefficient (Wildman–Crippen LogP) is 1.30. The van der Waals surface area contributed by atoms with Crippen LogP contribution in [-0.2, 0) is 7.05 Å². The van der Waals surface area contributed by atoms with Gasteiger partial charge in [-0.05, 0) is 35.7 Å². The monoisotopic (exact) mass is 273 g/mol. The lowest BCUT2D eigenvalue weighted by molar-refractivity contribution is 0.630. The van der Waals surface area contributed by atoms with Crippen molar-refractivity contribution in [3.8, 4) is 17.6 Å². The molecule has 0 amide bonds. The summed E-state index contributed by atoms with van der Waals surface area (Å²) in [5, 5.41) is 23.4. The van der Waals surface area contributed by atoms with Crippen LogP contribution in [0.4, 0.5) is 5.69 Å². The molecule has 0 unspecified atom stereocenters. The molecule has 0 bridgehead atoms. The number of tetrazole rings is 1. The zero-order valence-electron chi connectivity index (χ0n) is 10.4. The first-order chi connectivity index (χ1) is 9.22. The summed E-state index contributed by atoms with van der Waals surface area (Å²) in [4.78, 5) is 5.70. The van der Waals surface area contributed by atoms with Crippen LogP contribution in [-0.4, -0.2) is 31.6 Å². The van der Waals surface area contributed by atoms with Crippen LogP contribution in [0.15, 0.2) is 29.3 Å². The Balaban J connectivity index is 2.21. The molecular formula is C11H11N7S. The highest BCUT2D eigenvalue weighted by atomic mass is 32.2. The number of benzene rings is 1. The molecule has 1 heterocycles. The Kier molecular flexibility index (Phi) is 4.10. The van der Waals surface area contributed by atoms with Gasteiger partial charge in [0.1, 0.15) is 0 Å². The number of hydrogen-bond acceptors (Lipinski definition) is 6. The Morgan fingerprint density at radius 2 is 2.16 bits per heavy atom. The number of amidine groups is 1. The second-order valence-corrected chi connectivity index (χ2v) is 4.30. The molecule has 2 aromatic rings. The number of aliphatic imine (C=N–C) groups is 1. The van der Waals surface area contributed by atoms with Gasteiger partial charge in [-0.2, -0.15) is 10.1 Å². The molecule has 0 spiro atoms. The van der Waals surface area contributed by atoms with Crippen molar-refractivity contribution in [3.63, 3.8) is 0 Å². The van der Waals surface area contributed by atoms with Crippen LogP contribution < -0.4 is 5.32 Å². The third-order valence-corrected chi connectivity index (χ3v) is 2.80. The molecule has 0 saturated heterocycles. The summed E-state index contributed by atoms with van der Waals surface area (Å²) in [5.74, 6) is 0.568. The molecular weight excluding hydrogens is 262 g/mol. The van der Waals surface area contributed by atoms with Crippen LogP contribution in [0.2, 0.25) is 0 Å². The lowest BCUT2D eigenvalue weighted by Gasteiger charge is -2.00. The highest BCUT2D eigenvalue weighted by molar-refractivity contribution is 8.13.